The number of anilines is 1. The molecule has 1 amide bonds. The van der Waals surface area contributed by atoms with Gasteiger partial charge in [0.05, 0.1) is 5.69 Å². The van der Waals surface area contributed by atoms with Crippen LogP contribution in [-0.4, -0.2) is 11.7 Å². The molecule has 1 heterocycles. The first-order valence-electron chi connectivity index (χ1n) is 11.6. The number of halogens is 1. The van der Waals surface area contributed by atoms with Crippen LogP contribution in [0, 0.1) is 12.7 Å². The molecular weight excluding hydrogens is 429 g/mol. The average molecular weight is 456 g/mol. The van der Waals surface area contributed by atoms with Crippen molar-refractivity contribution in [2.75, 3.05) is 4.90 Å². The highest BCUT2D eigenvalue weighted by atomic mass is 19.1. The largest absolute Gasteiger partial charge is 0.489 e. The second-order valence-electron chi connectivity index (χ2n) is 8.86. The molecular formula is C29H26FNO3. The number of ketones is 1. The van der Waals surface area contributed by atoms with Gasteiger partial charge in [-0.2, -0.15) is 0 Å². The fourth-order valence-corrected chi connectivity index (χ4v) is 4.92. The quantitative estimate of drug-likeness (QED) is 0.457. The number of benzene rings is 3. The van der Waals surface area contributed by atoms with E-state index in [4.69, 9.17) is 4.74 Å². The van der Waals surface area contributed by atoms with Crippen molar-refractivity contribution in [2.24, 2.45) is 0 Å². The van der Waals surface area contributed by atoms with Crippen molar-refractivity contribution in [1.29, 1.82) is 0 Å². The molecule has 34 heavy (non-hydrogen) atoms. The minimum absolute atomic E-state index is 0.0416. The number of nitrogens with zero attached hydrogens (tertiary/aromatic N) is 1. The molecule has 0 spiro atoms. The van der Waals surface area contributed by atoms with E-state index >= 15 is 0 Å². The second-order valence-corrected chi connectivity index (χ2v) is 8.86. The molecule has 3 aromatic rings. The summed E-state index contributed by atoms with van der Waals surface area (Å²) < 4.78 is 20.5. The Bertz CT molecular complexity index is 1280. The van der Waals surface area contributed by atoms with E-state index in [9.17, 15) is 14.0 Å². The summed E-state index contributed by atoms with van der Waals surface area (Å²) in [6.45, 7) is 2.53. The number of amides is 1. The van der Waals surface area contributed by atoms with Crippen molar-refractivity contribution in [1.82, 2.24) is 0 Å². The fraction of sp³-hybridized carbons (Fsp3) is 0.241. The minimum Gasteiger partial charge on any atom is -0.489 e. The van der Waals surface area contributed by atoms with Gasteiger partial charge in [0.2, 0.25) is 5.91 Å². The predicted octanol–water partition coefficient (Wildman–Crippen LogP) is 6.24. The summed E-state index contributed by atoms with van der Waals surface area (Å²) in [5, 5.41) is 0. The number of rotatable bonds is 5. The zero-order valence-corrected chi connectivity index (χ0v) is 19.1. The molecule has 1 aliphatic carbocycles. The van der Waals surface area contributed by atoms with E-state index in [1.165, 1.54) is 16.5 Å². The molecule has 5 rings (SSSR count). The van der Waals surface area contributed by atoms with Crippen molar-refractivity contribution in [3.05, 3.63) is 107 Å². The summed E-state index contributed by atoms with van der Waals surface area (Å²) in [6, 6.07) is 22.0. The topological polar surface area (TPSA) is 46.6 Å². The van der Waals surface area contributed by atoms with E-state index in [-0.39, 0.29) is 29.7 Å². The highest BCUT2D eigenvalue weighted by Crippen LogP contribution is 2.44. The summed E-state index contributed by atoms with van der Waals surface area (Å²) in [7, 11) is 0. The monoisotopic (exact) mass is 455 g/mol. The van der Waals surface area contributed by atoms with Crippen molar-refractivity contribution >= 4 is 17.4 Å². The molecule has 0 bridgehead atoms. The normalized spacial score (nSPS) is 18.2. The Hall–Kier alpha value is -3.73. The highest BCUT2D eigenvalue weighted by Gasteiger charge is 2.40. The maximum atomic E-state index is 14.6. The number of hydrogen-bond acceptors (Lipinski definition) is 3. The number of carbonyl (C=O) groups is 2. The third-order valence-electron chi connectivity index (χ3n) is 6.71. The van der Waals surface area contributed by atoms with Crippen LogP contribution in [0.15, 0.2) is 84.1 Å². The van der Waals surface area contributed by atoms with Gasteiger partial charge >= 0.3 is 0 Å². The second kappa shape index (κ2) is 9.26. The van der Waals surface area contributed by atoms with E-state index in [1.807, 2.05) is 42.5 Å². The van der Waals surface area contributed by atoms with Crippen molar-refractivity contribution < 1.29 is 18.7 Å². The van der Waals surface area contributed by atoms with Gasteiger partial charge in [-0.1, -0.05) is 48.5 Å². The number of Topliss-reactive ketones (excluding diaryl/α,β-unsaturated/α-hetero) is 1. The van der Waals surface area contributed by atoms with Gasteiger partial charge in [0.1, 0.15) is 18.2 Å². The molecule has 2 aliphatic rings. The summed E-state index contributed by atoms with van der Waals surface area (Å²) in [6.07, 6.45) is 1.82. The lowest BCUT2D eigenvalue weighted by atomic mass is 9.77. The molecule has 5 heteroatoms. The zero-order valence-electron chi connectivity index (χ0n) is 19.1. The Balaban J connectivity index is 1.44. The van der Waals surface area contributed by atoms with Crippen LogP contribution in [0.1, 0.15) is 48.3 Å². The molecule has 1 unspecified atom stereocenters. The minimum atomic E-state index is -0.464. The summed E-state index contributed by atoms with van der Waals surface area (Å²) in [4.78, 5) is 27.7. The first-order valence-corrected chi connectivity index (χ1v) is 11.6. The van der Waals surface area contributed by atoms with Gasteiger partial charge in [-0.15, -0.1) is 0 Å². The van der Waals surface area contributed by atoms with Gasteiger partial charge in [0, 0.05) is 30.0 Å². The number of allylic oxidation sites excluding steroid dienone is 2. The van der Waals surface area contributed by atoms with Gasteiger partial charge in [-0.3, -0.25) is 14.5 Å². The van der Waals surface area contributed by atoms with Gasteiger partial charge < -0.3 is 4.74 Å². The molecule has 0 saturated heterocycles. The SMILES string of the molecule is Cc1ccccc1COc1ccc(C2CC(=O)N(c3ccccc3F)C3=C2C(=O)CCC3)cc1. The Kier molecular flexibility index (Phi) is 6.01. The Labute approximate surface area is 198 Å². The Morgan fingerprint density at radius 1 is 0.941 bits per heavy atom. The maximum Gasteiger partial charge on any atom is 0.232 e. The summed E-state index contributed by atoms with van der Waals surface area (Å²) in [5.74, 6) is -0.215. The molecule has 1 aliphatic heterocycles. The first-order chi connectivity index (χ1) is 16.5. The van der Waals surface area contributed by atoms with E-state index in [1.54, 1.807) is 18.2 Å². The molecule has 0 aromatic heterocycles. The lowest BCUT2D eigenvalue weighted by Crippen LogP contribution is -2.41. The molecule has 4 nitrogen and oxygen atoms in total. The molecule has 0 saturated carbocycles. The standard InChI is InChI=1S/C29H26FNO3/c1-19-7-2-3-8-21(19)18-34-22-15-13-20(14-16-22)23-17-28(33)31(25-10-5-4-9-24(25)30)26-11-6-12-27(32)29(23)26/h2-5,7-10,13-16,23H,6,11-12,17-18H2,1H3. The third-order valence-corrected chi connectivity index (χ3v) is 6.71. The van der Waals surface area contributed by atoms with Gasteiger partial charge in [-0.05, 0) is 60.7 Å². The van der Waals surface area contributed by atoms with Crippen LogP contribution in [0.25, 0.3) is 0 Å². The van der Waals surface area contributed by atoms with Gasteiger partial charge in [0.15, 0.2) is 5.78 Å². The lowest BCUT2D eigenvalue weighted by Gasteiger charge is -2.38. The molecule has 1 atom stereocenters. The summed E-state index contributed by atoms with van der Waals surface area (Å²) >= 11 is 0. The number of ether oxygens (including phenoxy) is 1. The molecule has 0 N–H and O–H groups in total. The van der Waals surface area contributed by atoms with Crippen LogP contribution in [0.2, 0.25) is 0 Å². The fourth-order valence-electron chi connectivity index (χ4n) is 4.92. The molecule has 0 fully saturated rings. The van der Waals surface area contributed by atoms with Crippen LogP contribution in [0.3, 0.4) is 0 Å². The smallest absolute Gasteiger partial charge is 0.232 e. The van der Waals surface area contributed by atoms with Crippen molar-refractivity contribution in [3.8, 4) is 5.75 Å². The first kappa shape index (κ1) is 22.1. The number of hydrogen-bond donors (Lipinski definition) is 0. The van der Waals surface area contributed by atoms with Crippen LogP contribution in [0.5, 0.6) is 5.75 Å². The molecule has 172 valence electrons. The lowest BCUT2D eigenvalue weighted by molar-refractivity contribution is -0.120. The highest BCUT2D eigenvalue weighted by molar-refractivity contribution is 6.07. The zero-order chi connectivity index (χ0) is 23.7. The summed E-state index contributed by atoms with van der Waals surface area (Å²) in [5.41, 5.74) is 4.70. The van der Waals surface area contributed by atoms with E-state index in [2.05, 4.69) is 13.0 Å². The van der Waals surface area contributed by atoms with E-state index in [0.717, 1.165) is 16.9 Å². The Morgan fingerprint density at radius 2 is 1.68 bits per heavy atom. The average Bonchev–Trinajstić information content (AvgIpc) is 2.84. The van der Waals surface area contributed by atoms with Gasteiger partial charge in [0.25, 0.3) is 0 Å². The van der Waals surface area contributed by atoms with E-state index < -0.39 is 5.82 Å². The van der Waals surface area contributed by atoms with Crippen LogP contribution in [0.4, 0.5) is 10.1 Å². The Morgan fingerprint density at radius 3 is 2.44 bits per heavy atom. The number of aryl methyl sites for hydroxylation is 1. The van der Waals surface area contributed by atoms with Crippen molar-refractivity contribution in [2.45, 2.75) is 45.1 Å². The van der Waals surface area contributed by atoms with Crippen LogP contribution in [-0.2, 0) is 16.2 Å². The van der Waals surface area contributed by atoms with Crippen LogP contribution >= 0.6 is 0 Å². The number of para-hydroxylation sites is 1. The van der Waals surface area contributed by atoms with E-state index in [0.29, 0.717) is 37.1 Å². The molecule has 0 radical (unpaired) electrons. The predicted molar refractivity (Wildman–Crippen MR) is 129 cm³/mol. The van der Waals surface area contributed by atoms with Crippen LogP contribution < -0.4 is 9.64 Å². The molecule has 3 aromatic carbocycles. The number of carbonyl (C=O) groups excluding carboxylic acids is 2. The third kappa shape index (κ3) is 4.14. The maximum absolute atomic E-state index is 14.6. The van der Waals surface area contributed by atoms with Crippen molar-refractivity contribution in [3.63, 3.8) is 0 Å². The van der Waals surface area contributed by atoms with Gasteiger partial charge in [-0.25, -0.2) is 4.39 Å².